The Morgan fingerprint density at radius 3 is 0.941 bits per heavy atom. The molecule has 0 aromatic rings. The van der Waals surface area contributed by atoms with Gasteiger partial charge < -0.3 is 18.9 Å². The number of halogens is 1. The molecule has 0 aliphatic heterocycles. The first-order chi connectivity index (χ1) is 25.1. The monoisotopic (exact) mass is 789 g/mol. The Bertz CT molecular complexity index is 606. The molecule has 6 heteroatoms. The lowest BCUT2D eigenvalue weighted by molar-refractivity contribution is -0.156. The maximum atomic E-state index is 12.6. The van der Waals surface area contributed by atoms with Crippen molar-refractivity contribution < 1.29 is 23.7 Å². The molecule has 0 rings (SSSR count). The summed E-state index contributed by atoms with van der Waals surface area (Å²) >= 11 is 3.44. The van der Waals surface area contributed by atoms with E-state index in [1.54, 1.807) is 0 Å². The minimum absolute atomic E-state index is 0.141. The summed E-state index contributed by atoms with van der Waals surface area (Å²) in [4.78, 5) is 12.6. The van der Waals surface area contributed by atoms with Crippen LogP contribution in [0.5, 0.6) is 0 Å². The number of carbonyl (C=O) groups is 1. The van der Waals surface area contributed by atoms with E-state index in [0.29, 0.717) is 32.8 Å². The van der Waals surface area contributed by atoms with E-state index < -0.39 is 5.41 Å². The van der Waals surface area contributed by atoms with Crippen LogP contribution < -0.4 is 0 Å². The third-order valence-electron chi connectivity index (χ3n) is 10.2. The van der Waals surface area contributed by atoms with Crippen molar-refractivity contribution in [3.63, 3.8) is 0 Å². The van der Waals surface area contributed by atoms with Gasteiger partial charge in [0, 0.05) is 31.6 Å². The lowest BCUT2D eigenvalue weighted by atomic mass is 9.92. The summed E-state index contributed by atoms with van der Waals surface area (Å²) in [5.74, 6) is -0.141. The molecule has 0 amide bonds. The molecule has 0 aliphatic carbocycles. The van der Waals surface area contributed by atoms with Gasteiger partial charge in [-0.25, -0.2) is 0 Å². The molecule has 0 N–H and O–H groups in total. The minimum Gasteiger partial charge on any atom is -0.465 e. The Kier molecular flexibility index (Phi) is 42.4. The number of carbonyl (C=O) groups excluding carboxylic acids is 1. The molecular formula is C45H89BrO5. The predicted octanol–water partition coefficient (Wildman–Crippen LogP) is 14.5. The summed E-state index contributed by atoms with van der Waals surface area (Å²) in [6, 6.07) is 0. The number of ether oxygens (including phenoxy) is 4. The first kappa shape index (κ1) is 50.8. The van der Waals surface area contributed by atoms with E-state index in [4.69, 9.17) is 18.9 Å². The number of hydrogen-bond acceptors (Lipinski definition) is 5. The van der Waals surface area contributed by atoms with Gasteiger partial charge in [-0.3, -0.25) is 4.79 Å². The topological polar surface area (TPSA) is 54.0 Å². The average molecular weight is 790 g/mol. The molecule has 0 fully saturated rings. The zero-order valence-corrected chi connectivity index (χ0v) is 36.3. The number of alkyl halides is 1. The molecule has 0 radical (unpaired) electrons. The Balaban J connectivity index is 4.82. The van der Waals surface area contributed by atoms with Crippen LogP contribution in [0.15, 0.2) is 0 Å². The fourth-order valence-corrected chi connectivity index (χ4v) is 6.99. The van der Waals surface area contributed by atoms with E-state index >= 15 is 0 Å². The molecule has 0 saturated carbocycles. The number of unbranched alkanes of at least 4 members (excludes halogenated alkanes) is 27. The zero-order chi connectivity index (χ0) is 37.2. The Hall–Kier alpha value is -0.170. The molecule has 0 unspecified atom stereocenters. The van der Waals surface area contributed by atoms with Crippen molar-refractivity contribution in [1.29, 1.82) is 0 Å². The first-order valence-corrected chi connectivity index (χ1v) is 23.7. The zero-order valence-electron chi connectivity index (χ0n) is 34.7. The molecule has 51 heavy (non-hydrogen) atoms. The van der Waals surface area contributed by atoms with Gasteiger partial charge in [0.25, 0.3) is 0 Å². The quantitative estimate of drug-likeness (QED) is 0.0350. The van der Waals surface area contributed by atoms with Crippen LogP contribution in [0.3, 0.4) is 0 Å². The van der Waals surface area contributed by atoms with Crippen LogP contribution in [0.25, 0.3) is 0 Å². The van der Waals surface area contributed by atoms with Crippen LogP contribution in [-0.4, -0.2) is 57.5 Å². The largest absolute Gasteiger partial charge is 0.465 e. The lowest BCUT2D eigenvalue weighted by Gasteiger charge is -2.33. The predicted molar refractivity (Wildman–Crippen MR) is 224 cm³/mol. The van der Waals surface area contributed by atoms with Crippen molar-refractivity contribution >= 4 is 21.9 Å². The molecule has 0 aliphatic rings. The summed E-state index contributed by atoms with van der Waals surface area (Å²) in [5.41, 5.74) is -0.473. The average Bonchev–Trinajstić information content (AvgIpc) is 3.14. The van der Waals surface area contributed by atoms with Crippen molar-refractivity contribution in [3.05, 3.63) is 0 Å². The molecule has 0 heterocycles. The van der Waals surface area contributed by atoms with Crippen molar-refractivity contribution in [2.45, 2.75) is 226 Å². The van der Waals surface area contributed by atoms with E-state index in [1.807, 2.05) is 0 Å². The molecule has 306 valence electrons. The van der Waals surface area contributed by atoms with Gasteiger partial charge in [-0.1, -0.05) is 210 Å². The van der Waals surface area contributed by atoms with Gasteiger partial charge in [0.15, 0.2) is 0 Å². The molecular weight excluding hydrogens is 700 g/mol. The van der Waals surface area contributed by atoms with Gasteiger partial charge in [0.1, 0.15) is 6.61 Å². The van der Waals surface area contributed by atoms with Crippen LogP contribution in [0.2, 0.25) is 0 Å². The third kappa shape index (κ3) is 37.9. The number of esters is 1. The second kappa shape index (κ2) is 42.6. The van der Waals surface area contributed by atoms with Gasteiger partial charge >= 0.3 is 5.97 Å². The highest BCUT2D eigenvalue weighted by Crippen LogP contribution is 2.23. The Morgan fingerprint density at radius 2 is 0.667 bits per heavy atom. The molecule has 0 saturated heterocycles. The molecule has 0 spiro atoms. The molecule has 0 aromatic carbocycles. The van der Waals surface area contributed by atoms with E-state index in [1.165, 1.54) is 173 Å². The van der Waals surface area contributed by atoms with Crippen molar-refractivity contribution in [2.75, 3.05) is 51.6 Å². The van der Waals surface area contributed by atoms with Gasteiger partial charge in [-0.2, -0.15) is 0 Å². The summed E-state index contributed by atoms with van der Waals surface area (Å²) in [6.45, 7) is 10.9. The molecule has 0 aromatic heterocycles. The van der Waals surface area contributed by atoms with Crippen LogP contribution in [0.1, 0.15) is 226 Å². The maximum Gasteiger partial charge on any atom is 0.305 e. The lowest BCUT2D eigenvalue weighted by Crippen LogP contribution is -2.42. The third-order valence-corrected chi connectivity index (χ3v) is 10.8. The second-order valence-electron chi connectivity index (χ2n) is 15.7. The van der Waals surface area contributed by atoms with Crippen LogP contribution in [-0.2, 0) is 23.7 Å². The summed E-state index contributed by atoms with van der Waals surface area (Å²) in [7, 11) is 0. The standard InChI is InChI=1S/C45H89BrO5/c1-4-7-10-13-16-19-22-25-28-31-37-48-40-45(43-51-44(47)35-34-36-46,41-49-38-32-29-26-23-20-17-14-11-8-5-2)42-50-39-33-30-27-24-21-18-15-12-9-6-3/h4-43H2,1-3H3. The van der Waals surface area contributed by atoms with Gasteiger partial charge in [0.05, 0.1) is 25.2 Å². The fourth-order valence-electron chi connectivity index (χ4n) is 6.71. The number of rotatable bonds is 44. The summed E-state index contributed by atoms with van der Waals surface area (Å²) in [5, 5.41) is 0.805. The highest BCUT2D eigenvalue weighted by molar-refractivity contribution is 9.09. The molecule has 0 bridgehead atoms. The first-order valence-electron chi connectivity index (χ1n) is 22.6. The van der Waals surface area contributed by atoms with E-state index in [-0.39, 0.29) is 5.97 Å². The normalized spacial score (nSPS) is 11.8. The van der Waals surface area contributed by atoms with Crippen LogP contribution in [0, 0.1) is 5.41 Å². The van der Waals surface area contributed by atoms with Gasteiger partial charge in [0.2, 0.25) is 0 Å². The Labute approximate surface area is 327 Å². The van der Waals surface area contributed by atoms with Crippen LogP contribution >= 0.6 is 15.9 Å². The van der Waals surface area contributed by atoms with Crippen molar-refractivity contribution in [2.24, 2.45) is 5.41 Å². The Morgan fingerprint density at radius 1 is 0.392 bits per heavy atom. The van der Waals surface area contributed by atoms with Gasteiger partial charge in [-0.05, 0) is 25.7 Å². The SMILES string of the molecule is CCCCCCCCCCCCOCC(COCCCCCCCCCCCC)(COCCCCCCCCCCCC)COC(=O)CCCBr. The highest BCUT2D eigenvalue weighted by atomic mass is 79.9. The minimum atomic E-state index is -0.473. The van der Waals surface area contributed by atoms with E-state index in [0.717, 1.165) is 50.8 Å². The fraction of sp³-hybridized carbons (Fsp3) is 0.978. The summed E-state index contributed by atoms with van der Waals surface area (Å²) < 4.78 is 24.9. The van der Waals surface area contributed by atoms with Crippen molar-refractivity contribution in [1.82, 2.24) is 0 Å². The van der Waals surface area contributed by atoms with Gasteiger partial charge in [-0.15, -0.1) is 0 Å². The van der Waals surface area contributed by atoms with E-state index in [9.17, 15) is 4.79 Å². The second-order valence-corrected chi connectivity index (χ2v) is 16.4. The van der Waals surface area contributed by atoms with E-state index in [2.05, 4.69) is 36.7 Å². The maximum absolute atomic E-state index is 12.6. The molecule has 5 nitrogen and oxygen atoms in total. The van der Waals surface area contributed by atoms with Crippen molar-refractivity contribution in [3.8, 4) is 0 Å². The summed E-state index contributed by atoms with van der Waals surface area (Å²) in [6.07, 6.45) is 40.6. The number of hydrogen-bond donors (Lipinski definition) is 0. The highest BCUT2D eigenvalue weighted by Gasteiger charge is 2.34. The smallest absolute Gasteiger partial charge is 0.305 e. The molecule has 0 atom stereocenters. The van der Waals surface area contributed by atoms with Crippen LogP contribution in [0.4, 0.5) is 0 Å².